The maximum atomic E-state index is 14.5. The highest BCUT2D eigenvalue weighted by Gasteiger charge is 2.43. The minimum Gasteiger partial charge on any atom is -0.543 e. The van der Waals surface area contributed by atoms with Gasteiger partial charge in [0.2, 0.25) is 0 Å². The Balaban J connectivity index is 2.31. The first-order valence-corrected chi connectivity index (χ1v) is 23.4. The molecule has 0 saturated carbocycles. The number of benzene rings is 2. The molecule has 0 saturated heterocycles. The van der Waals surface area contributed by atoms with Gasteiger partial charge in [-0.2, -0.15) is 0 Å². The summed E-state index contributed by atoms with van der Waals surface area (Å²) in [5, 5.41) is 4.74. The molecule has 1 heterocycles. The number of carbonyl (C=O) groups is 1. The number of esters is 1. The lowest BCUT2D eigenvalue weighted by Gasteiger charge is -2.39. The molecule has 1 aliphatic rings. The van der Waals surface area contributed by atoms with Gasteiger partial charge >= 0.3 is 5.97 Å². The average Bonchev–Trinajstić information content (AvgIpc) is 2.96. The van der Waals surface area contributed by atoms with E-state index in [0.717, 1.165) is 18.4 Å². The van der Waals surface area contributed by atoms with Gasteiger partial charge in [-0.1, -0.05) is 121 Å². The Bertz CT molecular complexity index is 1480. The molecule has 48 heavy (non-hydrogen) atoms. The number of allylic oxidation sites excluding steroid dienone is 3. The smallest absolute Gasteiger partial charge is 0.342 e. The van der Waals surface area contributed by atoms with Gasteiger partial charge < -0.3 is 18.4 Å². The van der Waals surface area contributed by atoms with E-state index < -0.39 is 22.6 Å². The Morgan fingerprint density at radius 2 is 1.48 bits per heavy atom. The molecular formula is C39H58ClNO5Si2. The molecule has 0 radical (unpaired) electrons. The van der Waals surface area contributed by atoms with Crippen LogP contribution >= 0.6 is 11.6 Å². The summed E-state index contributed by atoms with van der Waals surface area (Å²) in [7, 11) is -4.79. The molecule has 0 aromatic heterocycles. The number of rotatable bonds is 8. The molecule has 1 aliphatic heterocycles. The van der Waals surface area contributed by atoms with Gasteiger partial charge in [0.15, 0.2) is 0 Å². The molecular weight excluding hydrogens is 654 g/mol. The van der Waals surface area contributed by atoms with Gasteiger partial charge in [-0.3, -0.25) is 0 Å². The Kier molecular flexibility index (Phi) is 13.4. The van der Waals surface area contributed by atoms with Crippen LogP contribution in [0.2, 0.25) is 41.3 Å². The largest absolute Gasteiger partial charge is 0.543 e. The number of nitrogens with zero attached hydrogens (tertiary/aromatic N) is 1. The predicted molar refractivity (Wildman–Crippen MR) is 206 cm³/mol. The number of oxime groups is 1. The van der Waals surface area contributed by atoms with E-state index in [2.05, 4.69) is 105 Å². The predicted octanol–water partition coefficient (Wildman–Crippen LogP) is 11.7. The molecule has 0 spiro atoms. The van der Waals surface area contributed by atoms with Crippen molar-refractivity contribution in [2.24, 2.45) is 11.1 Å². The first kappa shape index (κ1) is 39.6. The molecule has 0 amide bonds. The molecule has 9 heteroatoms. The number of cyclic esters (lactones) is 1. The van der Waals surface area contributed by atoms with Crippen molar-refractivity contribution in [2.75, 3.05) is 0 Å². The minimum atomic E-state index is -2.44. The van der Waals surface area contributed by atoms with Crippen molar-refractivity contribution in [3.05, 3.63) is 82.4 Å². The number of halogens is 1. The summed E-state index contributed by atoms with van der Waals surface area (Å²) in [5.41, 5.74) is 2.52. The van der Waals surface area contributed by atoms with Crippen molar-refractivity contribution in [1.29, 1.82) is 0 Å². The zero-order valence-corrected chi connectivity index (χ0v) is 34.1. The summed E-state index contributed by atoms with van der Waals surface area (Å²) >= 11 is 7.34. The average molecular weight is 713 g/mol. The van der Waals surface area contributed by atoms with Crippen LogP contribution in [0.1, 0.15) is 96.1 Å². The van der Waals surface area contributed by atoms with Crippen molar-refractivity contribution in [2.45, 2.75) is 130 Å². The van der Waals surface area contributed by atoms with E-state index in [0.29, 0.717) is 46.4 Å². The van der Waals surface area contributed by atoms with Crippen LogP contribution in [0, 0.1) is 5.92 Å². The second-order valence-corrected chi connectivity index (χ2v) is 26.0. The van der Waals surface area contributed by atoms with Crippen LogP contribution in [0.25, 0.3) is 0 Å². The Hall–Kier alpha value is -2.82. The summed E-state index contributed by atoms with van der Waals surface area (Å²) in [6.07, 6.45) is 10.5. The zero-order chi connectivity index (χ0) is 35.9. The number of carbonyl (C=O) groups excluding carboxylic acids is 1. The molecule has 2 aromatic carbocycles. The molecule has 0 fully saturated rings. The maximum absolute atomic E-state index is 14.5. The normalized spacial score (nSPS) is 19.2. The van der Waals surface area contributed by atoms with Crippen molar-refractivity contribution in [1.82, 2.24) is 0 Å². The lowest BCUT2D eigenvalue weighted by molar-refractivity contribution is 0.0190. The summed E-state index contributed by atoms with van der Waals surface area (Å²) in [6, 6.07) is 11.7. The topological polar surface area (TPSA) is 66.3 Å². The maximum Gasteiger partial charge on any atom is 0.342 e. The molecule has 0 bridgehead atoms. The van der Waals surface area contributed by atoms with Gasteiger partial charge in [0.25, 0.3) is 16.6 Å². The Morgan fingerprint density at radius 1 is 0.896 bits per heavy atom. The monoisotopic (exact) mass is 711 g/mol. The van der Waals surface area contributed by atoms with Crippen molar-refractivity contribution in [3.63, 3.8) is 0 Å². The first-order valence-electron chi connectivity index (χ1n) is 17.2. The second-order valence-electron chi connectivity index (χ2n) is 16.2. The fourth-order valence-electron chi connectivity index (χ4n) is 4.54. The van der Waals surface area contributed by atoms with Crippen LogP contribution in [0.5, 0.6) is 11.5 Å². The zero-order valence-electron chi connectivity index (χ0n) is 31.3. The van der Waals surface area contributed by atoms with E-state index >= 15 is 0 Å². The number of hydrogen-bond acceptors (Lipinski definition) is 6. The van der Waals surface area contributed by atoms with Crippen LogP contribution in [-0.2, 0) is 22.6 Å². The van der Waals surface area contributed by atoms with Crippen molar-refractivity contribution < 1.29 is 23.2 Å². The summed E-state index contributed by atoms with van der Waals surface area (Å²) < 4.78 is 20.2. The van der Waals surface area contributed by atoms with E-state index in [9.17, 15) is 4.79 Å². The van der Waals surface area contributed by atoms with E-state index in [1.54, 1.807) is 0 Å². The summed E-state index contributed by atoms with van der Waals surface area (Å²) in [5.74, 6) is 0.608. The van der Waals surface area contributed by atoms with E-state index in [-0.39, 0.29) is 28.5 Å². The molecule has 0 aliphatic carbocycles. The minimum absolute atomic E-state index is 0.0824. The highest BCUT2D eigenvalue weighted by atomic mass is 35.5. The van der Waals surface area contributed by atoms with Crippen molar-refractivity contribution in [3.8, 4) is 11.5 Å². The van der Waals surface area contributed by atoms with Gasteiger partial charge in [0.05, 0.1) is 10.7 Å². The summed E-state index contributed by atoms with van der Waals surface area (Å²) in [4.78, 5) is 20.4. The van der Waals surface area contributed by atoms with Crippen LogP contribution in [0.4, 0.5) is 0 Å². The molecule has 0 unspecified atom stereocenters. The molecule has 0 N–H and O–H groups in total. The van der Waals surface area contributed by atoms with Gasteiger partial charge in [-0.05, 0) is 72.2 Å². The Morgan fingerprint density at radius 3 is 2.06 bits per heavy atom. The fraction of sp³-hybridized carbons (Fsp3) is 0.538. The lowest BCUT2D eigenvalue weighted by atomic mass is 9.98. The third-order valence-electron chi connectivity index (χ3n) is 9.80. The summed E-state index contributed by atoms with van der Waals surface area (Å²) in [6.45, 7) is 26.3. The molecule has 1 atom stereocenters. The van der Waals surface area contributed by atoms with Crippen LogP contribution in [0.3, 0.4) is 0 Å². The standard InChI is InChI=1S/C39H58ClNO5Si2/c1-28(2)32-24-20-15-13-14-19-23-30(41-43-27-29-21-17-16-18-22-29)25-31-35(37(42)44-32)33(45-47(9,10)38(3,4)5)26-34(36(31)40)46-48(11,12)39(6,7)8/h15-23,26,28,32H,13-14,24-25,27H2,1-12H3/b20-15+,23-19+,41-30?/t32-/m0/s1. The molecule has 3 rings (SSSR count). The van der Waals surface area contributed by atoms with Gasteiger partial charge in [-0.15, -0.1) is 0 Å². The van der Waals surface area contributed by atoms with E-state index in [1.165, 1.54) is 0 Å². The number of fused-ring (bicyclic) bond motifs is 1. The fourth-order valence-corrected chi connectivity index (χ4v) is 6.89. The van der Waals surface area contributed by atoms with Crippen LogP contribution in [-0.4, -0.2) is 34.4 Å². The molecule has 2 aromatic rings. The van der Waals surface area contributed by atoms with Crippen LogP contribution < -0.4 is 8.85 Å². The Labute approximate surface area is 297 Å². The van der Waals surface area contributed by atoms with E-state index in [1.807, 2.05) is 42.5 Å². The SMILES string of the molecule is CC(C)[C@@H]1C/C=C/CC/C=C/C(=NOCc2ccccc2)Cc2c(Cl)c(O[Si](C)(C)C(C)(C)C)cc(O[Si](C)(C)C(C)(C)C)c2C(=O)O1. The highest BCUT2D eigenvalue weighted by molar-refractivity contribution is 6.75. The van der Waals surface area contributed by atoms with E-state index in [4.69, 9.17) is 30.0 Å². The molecule has 264 valence electrons. The third-order valence-corrected chi connectivity index (χ3v) is 18.9. The highest BCUT2D eigenvalue weighted by Crippen LogP contribution is 2.46. The third kappa shape index (κ3) is 10.6. The van der Waals surface area contributed by atoms with Gasteiger partial charge in [0.1, 0.15) is 29.8 Å². The van der Waals surface area contributed by atoms with Crippen LogP contribution in [0.15, 0.2) is 65.9 Å². The number of hydrogen-bond donors (Lipinski definition) is 0. The quantitative estimate of drug-likeness (QED) is 0.118. The van der Waals surface area contributed by atoms with Gasteiger partial charge in [0, 0.05) is 18.9 Å². The second kappa shape index (κ2) is 16.3. The van der Waals surface area contributed by atoms with Crippen molar-refractivity contribution >= 4 is 39.9 Å². The van der Waals surface area contributed by atoms with Gasteiger partial charge in [-0.25, -0.2) is 4.79 Å². The molecule has 6 nitrogen and oxygen atoms in total. The first-order chi connectivity index (χ1) is 22.2. The lowest BCUT2D eigenvalue weighted by Crippen LogP contribution is -2.45. The number of ether oxygens (including phenoxy) is 1.